The number of rotatable bonds is 2. The molecule has 3 amide bonds. The fraction of sp³-hybridized carbons (Fsp3) is 0.250. The lowest BCUT2D eigenvalue weighted by Gasteiger charge is -2.51. The summed E-state index contributed by atoms with van der Waals surface area (Å²) in [6.45, 7) is 0. The van der Waals surface area contributed by atoms with Crippen LogP contribution in [0.3, 0.4) is 0 Å². The Morgan fingerprint density at radius 3 is 2.18 bits per heavy atom. The second-order valence-electron chi connectivity index (χ2n) is 7.04. The van der Waals surface area contributed by atoms with Crippen molar-refractivity contribution in [3.05, 3.63) is 71.8 Å². The molecular formula is C20H19N5O2S. The van der Waals surface area contributed by atoms with Crippen LogP contribution < -0.4 is 5.43 Å². The number of carbonyl (C=O) groups is 2. The zero-order valence-corrected chi connectivity index (χ0v) is 16.3. The van der Waals surface area contributed by atoms with Crippen molar-refractivity contribution in [3.63, 3.8) is 0 Å². The summed E-state index contributed by atoms with van der Waals surface area (Å²) in [5.41, 5.74) is 2.99. The quantitative estimate of drug-likeness (QED) is 0.849. The van der Waals surface area contributed by atoms with Crippen LogP contribution in [0.4, 0.5) is 4.79 Å². The molecule has 0 radical (unpaired) electrons. The van der Waals surface area contributed by atoms with E-state index >= 15 is 0 Å². The number of urea groups is 1. The number of amides is 3. The van der Waals surface area contributed by atoms with E-state index in [0.29, 0.717) is 10.9 Å². The van der Waals surface area contributed by atoms with Gasteiger partial charge in [-0.25, -0.2) is 14.8 Å². The highest BCUT2D eigenvalue weighted by molar-refractivity contribution is 8.15. The van der Waals surface area contributed by atoms with E-state index in [1.54, 1.807) is 23.9 Å². The normalized spacial score (nSPS) is 29.1. The zero-order chi connectivity index (χ0) is 19.5. The van der Waals surface area contributed by atoms with E-state index in [1.165, 1.54) is 16.8 Å². The maximum Gasteiger partial charge on any atom is 0.323 e. The first-order valence-electron chi connectivity index (χ1n) is 8.98. The van der Waals surface area contributed by atoms with Gasteiger partial charge in [-0.3, -0.25) is 14.6 Å². The maximum absolute atomic E-state index is 13.3. The number of hydrogen-bond donors (Lipinski definition) is 1. The highest BCUT2D eigenvalue weighted by Gasteiger charge is 2.70. The lowest BCUT2D eigenvalue weighted by molar-refractivity contribution is -0.133. The van der Waals surface area contributed by atoms with E-state index in [2.05, 4.69) is 5.43 Å². The second-order valence-corrected chi connectivity index (χ2v) is 7.98. The van der Waals surface area contributed by atoms with E-state index in [1.807, 2.05) is 60.7 Å². The predicted molar refractivity (Wildman–Crippen MR) is 107 cm³/mol. The summed E-state index contributed by atoms with van der Waals surface area (Å²) >= 11 is 1.38. The first kappa shape index (κ1) is 17.3. The Hall–Kier alpha value is -2.84. The van der Waals surface area contributed by atoms with Gasteiger partial charge in [-0.2, -0.15) is 5.43 Å². The standard InChI is InChI=1S/C20H19N5O2S/c1-23-18(27)24(2)20(15-11-7-4-8-12-15)19(23,14-9-5-3-6-10-14)21-17-25(22-20)16(26)13-28-17/h3-12,22H,13H2,1-2H3/t19-,20-/m1/s1. The maximum atomic E-state index is 13.3. The molecule has 2 saturated heterocycles. The molecule has 7 nitrogen and oxygen atoms in total. The van der Waals surface area contributed by atoms with Crippen LogP contribution in [-0.4, -0.2) is 51.8 Å². The number of hydrazine groups is 1. The second kappa shape index (κ2) is 5.83. The fourth-order valence-corrected chi connectivity index (χ4v) is 5.28. The van der Waals surface area contributed by atoms with Gasteiger partial charge in [0.2, 0.25) is 5.66 Å². The molecule has 2 atom stereocenters. The summed E-state index contributed by atoms with van der Waals surface area (Å²) in [5, 5.41) is 2.07. The number of aliphatic imine (C=N–C) groups is 1. The molecule has 0 bridgehead atoms. The van der Waals surface area contributed by atoms with Gasteiger partial charge < -0.3 is 0 Å². The number of likely N-dealkylation sites (N-methyl/N-ethyl adjacent to an activating group) is 2. The van der Waals surface area contributed by atoms with Crippen LogP contribution in [0.15, 0.2) is 65.7 Å². The molecule has 3 aliphatic rings. The summed E-state index contributed by atoms with van der Waals surface area (Å²) < 4.78 is 0. The molecule has 1 N–H and O–H groups in total. The van der Waals surface area contributed by atoms with E-state index in [0.717, 1.165) is 11.1 Å². The molecule has 8 heteroatoms. The number of nitrogens with zero attached hydrogens (tertiary/aromatic N) is 4. The van der Waals surface area contributed by atoms with Crippen LogP contribution in [0.2, 0.25) is 0 Å². The number of carbonyl (C=O) groups excluding carboxylic acids is 2. The largest absolute Gasteiger partial charge is 0.323 e. The minimum absolute atomic E-state index is 0.0730. The molecule has 0 aromatic heterocycles. The number of thioether (sulfide) groups is 1. The minimum atomic E-state index is -1.08. The Balaban J connectivity index is 1.89. The predicted octanol–water partition coefficient (Wildman–Crippen LogP) is 2.14. The van der Waals surface area contributed by atoms with Gasteiger partial charge in [-0.15, -0.1) is 0 Å². The fourth-order valence-electron chi connectivity index (χ4n) is 4.42. The van der Waals surface area contributed by atoms with Crippen LogP contribution >= 0.6 is 11.8 Å². The highest BCUT2D eigenvalue weighted by atomic mass is 32.2. The van der Waals surface area contributed by atoms with Crippen molar-refractivity contribution >= 4 is 28.9 Å². The van der Waals surface area contributed by atoms with Crippen molar-refractivity contribution in [1.29, 1.82) is 0 Å². The van der Waals surface area contributed by atoms with Crippen molar-refractivity contribution in [2.24, 2.45) is 4.99 Å². The Labute approximate surface area is 167 Å². The molecular weight excluding hydrogens is 374 g/mol. The molecule has 0 unspecified atom stereocenters. The van der Waals surface area contributed by atoms with Gasteiger partial charge in [0, 0.05) is 19.7 Å². The van der Waals surface area contributed by atoms with Crippen molar-refractivity contribution in [2.75, 3.05) is 19.8 Å². The number of fused-ring (bicyclic) bond motifs is 2. The Morgan fingerprint density at radius 1 is 0.929 bits per heavy atom. The molecule has 0 aliphatic carbocycles. The highest BCUT2D eigenvalue weighted by Crippen LogP contribution is 2.55. The van der Waals surface area contributed by atoms with Gasteiger partial charge >= 0.3 is 6.03 Å². The van der Waals surface area contributed by atoms with Crippen LogP contribution in [0.5, 0.6) is 0 Å². The zero-order valence-electron chi connectivity index (χ0n) is 15.5. The molecule has 3 aliphatic heterocycles. The number of benzene rings is 2. The topological polar surface area (TPSA) is 68.2 Å². The van der Waals surface area contributed by atoms with Crippen molar-refractivity contribution in [1.82, 2.24) is 20.2 Å². The van der Waals surface area contributed by atoms with Crippen LogP contribution in [-0.2, 0) is 16.1 Å². The van der Waals surface area contributed by atoms with Crippen molar-refractivity contribution in [3.8, 4) is 0 Å². The van der Waals surface area contributed by atoms with Gasteiger partial charge in [0.05, 0.1) is 5.75 Å². The minimum Gasteiger partial charge on any atom is -0.299 e. The molecule has 2 aromatic rings. The number of amidine groups is 1. The monoisotopic (exact) mass is 393 g/mol. The average molecular weight is 393 g/mol. The van der Waals surface area contributed by atoms with Gasteiger partial charge in [0.15, 0.2) is 10.8 Å². The molecule has 5 rings (SSSR count). The average Bonchev–Trinajstić information content (AvgIpc) is 3.18. The van der Waals surface area contributed by atoms with Crippen LogP contribution in [0.25, 0.3) is 0 Å². The van der Waals surface area contributed by atoms with Gasteiger partial charge in [-0.05, 0) is 5.56 Å². The number of hydrogen-bond acceptors (Lipinski definition) is 5. The van der Waals surface area contributed by atoms with Gasteiger partial charge in [0.1, 0.15) is 0 Å². The van der Waals surface area contributed by atoms with Gasteiger partial charge in [-0.1, -0.05) is 72.4 Å². The molecule has 3 heterocycles. The number of nitrogens with one attached hydrogen (secondary N) is 1. The molecule has 0 saturated carbocycles. The van der Waals surface area contributed by atoms with Crippen LogP contribution in [0.1, 0.15) is 11.1 Å². The summed E-state index contributed by atoms with van der Waals surface area (Å²) in [6, 6.07) is 19.3. The third kappa shape index (κ3) is 1.91. The first-order chi connectivity index (χ1) is 13.5. The smallest absolute Gasteiger partial charge is 0.299 e. The van der Waals surface area contributed by atoms with E-state index < -0.39 is 11.3 Å². The third-order valence-corrected chi connectivity index (χ3v) is 6.65. The summed E-state index contributed by atoms with van der Waals surface area (Å²) in [7, 11) is 3.51. The lowest BCUT2D eigenvalue weighted by Crippen LogP contribution is -2.71. The van der Waals surface area contributed by atoms with Gasteiger partial charge in [0.25, 0.3) is 5.91 Å². The molecule has 2 aromatic carbocycles. The third-order valence-electron chi connectivity index (χ3n) is 5.73. The van der Waals surface area contributed by atoms with Crippen molar-refractivity contribution in [2.45, 2.75) is 11.3 Å². The first-order valence-corrected chi connectivity index (χ1v) is 9.97. The molecule has 0 spiro atoms. The molecule has 142 valence electrons. The van der Waals surface area contributed by atoms with Crippen molar-refractivity contribution < 1.29 is 9.59 Å². The van der Waals surface area contributed by atoms with E-state index in [-0.39, 0.29) is 11.9 Å². The summed E-state index contributed by atoms with van der Waals surface area (Å²) in [4.78, 5) is 34.2. The summed E-state index contributed by atoms with van der Waals surface area (Å²) in [6.07, 6.45) is 0. The van der Waals surface area contributed by atoms with Crippen LogP contribution in [0, 0.1) is 0 Å². The molecule has 2 fully saturated rings. The SMILES string of the molecule is CN1C(=O)N(C)[C@@]2(c3ccccc3)NN3C(=O)CSC3=N[C@]12c1ccccc1. The van der Waals surface area contributed by atoms with E-state index in [9.17, 15) is 9.59 Å². The Kier molecular flexibility index (Phi) is 3.59. The Morgan fingerprint density at radius 2 is 1.54 bits per heavy atom. The molecule has 28 heavy (non-hydrogen) atoms. The summed E-state index contributed by atoms with van der Waals surface area (Å²) in [5.74, 6) is 0.249. The lowest BCUT2D eigenvalue weighted by atomic mass is 9.80. The van der Waals surface area contributed by atoms with E-state index in [4.69, 9.17) is 4.99 Å². The Bertz CT molecular complexity index is 998.